The molecule has 0 saturated heterocycles. The Bertz CT molecular complexity index is 952. The maximum atomic E-state index is 13.2. The Balaban J connectivity index is 2.29. The lowest BCUT2D eigenvalue weighted by molar-refractivity contribution is -0.0605. The molecule has 1 amide bonds. The highest BCUT2D eigenvalue weighted by atomic mass is 19.4. The van der Waals surface area contributed by atoms with Crippen LogP contribution in [0.2, 0.25) is 0 Å². The molecular weight excluding hydrogens is 388 g/mol. The van der Waals surface area contributed by atoms with Gasteiger partial charge in [-0.3, -0.25) is 9.79 Å². The highest BCUT2D eigenvalue weighted by Gasteiger charge is 2.35. The summed E-state index contributed by atoms with van der Waals surface area (Å²) in [5, 5.41) is 9.76. The van der Waals surface area contributed by atoms with Crippen LogP contribution >= 0.6 is 0 Å². The monoisotopic (exact) mass is 408 g/mol. The number of aliphatic imine (C=N–C) groups is 1. The summed E-state index contributed by atoms with van der Waals surface area (Å²) in [5.74, 6) is -1.07. The van der Waals surface area contributed by atoms with E-state index in [9.17, 15) is 22.4 Å². The van der Waals surface area contributed by atoms with E-state index in [4.69, 9.17) is 11.1 Å². The minimum Gasteiger partial charge on any atom is -0.398 e. The van der Waals surface area contributed by atoms with Crippen LogP contribution in [0.15, 0.2) is 47.5 Å². The fourth-order valence-corrected chi connectivity index (χ4v) is 2.53. The highest BCUT2D eigenvalue weighted by Crippen LogP contribution is 2.24. The number of hydrogen-bond donors (Lipinski definition) is 3. The SMILES string of the molecule is CC(C)N=C(CC(=N)C(F)(F)F)c1ccc(C(=O)Nc2cccc(F)c2)cc1N. The number of hydrogen-bond acceptors (Lipinski definition) is 4. The first-order valence-corrected chi connectivity index (χ1v) is 8.65. The third kappa shape index (κ3) is 6.13. The van der Waals surface area contributed by atoms with Gasteiger partial charge in [-0.05, 0) is 44.2 Å². The zero-order valence-corrected chi connectivity index (χ0v) is 15.8. The first-order chi connectivity index (χ1) is 13.5. The second kappa shape index (κ2) is 8.85. The van der Waals surface area contributed by atoms with E-state index in [1.807, 2.05) is 0 Å². The Hall–Kier alpha value is -3.23. The van der Waals surface area contributed by atoms with Crippen molar-refractivity contribution in [3.05, 3.63) is 59.4 Å². The summed E-state index contributed by atoms with van der Waals surface area (Å²) in [6.45, 7) is 3.38. The lowest BCUT2D eigenvalue weighted by atomic mass is 10.00. The quantitative estimate of drug-likeness (QED) is 0.363. The largest absolute Gasteiger partial charge is 0.429 e. The number of nitrogen functional groups attached to an aromatic ring is 1. The van der Waals surface area contributed by atoms with Crippen LogP contribution in [0.3, 0.4) is 0 Å². The standard InChI is InChI=1S/C20H20F4N4O/c1-11(2)27-17(10-18(26)20(22,23)24)15-7-6-12(8-16(15)25)19(29)28-14-5-3-4-13(21)9-14/h3-9,11,26H,10,25H2,1-2H3,(H,28,29). The molecule has 154 valence electrons. The molecule has 29 heavy (non-hydrogen) atoms. The van der Waals surface area contributed by atoms with E-state index < -0.39 is 30.0 Å². The van der Waals surface area contributed by atoms with Crippen LogP contribution in [0.1, 0.15) is 36.2 Å². The van der Waals surface area contributed by atoms with E-state index >= 15 is 0 Å². The number of alkyl halides is 3. The molecular formula is C20H20F4N4O. The summed E-state index contributed by atoms with van der Waals surface area (Å²) in [7, 11) is 0. The van der Waals surface area contributed by atoms with Crippen molar-refractivity contribution in [3.8, 4) is 0 Å². The van der Waals surface area contributed by atoms with Gasteiger partial charge >= 0.3 is 6.18 Å². The van der Waals surface area contributed by atoms with E-state index in [0.717, 1.165) is 6.07 Å². The third-order valence-electron chi connectivity index (χ3n) is 3.81. The molecule has 0 heterocycles. The van der Waals surface area contributed by atoms with Crippen LogP contribution in [0.25, 0.3) is 0 Å². The van der Waals surface area contributed by atoms with Crippen LogP contribution in [0.5, 0.6) is 0 Å². The molecule has 2 aromatic rings. The van der Waals surface area contributed by atoms with E-state index in [-0.39, 0.29) is 34.3 Å². The van der Waals surface area contributed by atoms with Gasteiger partial charge in [-0.2, -0.15) is 13.2 Å². The zero-order valence-electron chi connectivity index (χ0n) is 15.8. The first kappa shape index (κ1) is 22.1. The van der Waals surface area contributed by atoms with E-state index in [1.54, 1.807) is 13.8 Å². The molecule has 2 aromatic carbocycles. The topological polar surface area (TPSA) is 91.3 Å². The molecule has 0 aliphatic carbocycles. The summed E-state index contributed by atoms with van der Waals surface area (Å²) >= 11 is 0. The second-order valence-electron chi connectivity index (χ2n) is 6.59. The molecule has 0 atom stereocenters. The van der Waals surface area contributed by atoms with Gasteiger partial charge in [-0.25, -0.2) is 4.39 Å². The van der Waals surface area contributed by atoms with Gasteiger partial charge in [0.05, 0.1) is 5.71 Å². The zero-order chi connectivity index (χ0) is 21.8. The minimum absolute atomic E-state index is 0.0110. The van der Waals surface area contributed by atoms with Crippen molar-refractivity contribution in [3.63, 3.8) is 0 Å². The molecule has 0 aromatic heterocycles. The van der Waals surface area contributed by atoms with Crippen LogP contribution < -0.4 is 11.1 Å². The number of carbonyl (C=O) groups excluding carboxylic acids is 1. The van der Waals surface area contributed by atoms with E-state index in [1.165, 1.54) is 36.4 Å². The normalized spacial score (nSPS) is 12.2. The Morgan fingerprint density at radius 2 is 1.90 bits per heavy atom. The van der Waals surface area contributed by atoms with Gasteiger partial charge in [0.2, 0.25) is 0 Å². The average molecular weight is 408 g/mol. The molecule has 9 heteroatoms. The van der Waals surface area contributed by atoms with Gasteiger partial charge in [-0.15, -0.1) is 0 Å². The van der Waals surface area contributed by atoms with Gasteiger partial charge in [0.15, 0.2) is 0 Å². The van der Waals surface area contributed by atoms with Crippen molar-refractivity contribution in [1.82, 2.24) is 0 Å². The summed E-state index contributed by atoms with van der Waals surface area (Å²) in [6, 6.07) is 9.08. The molecule has 5 nitrogen and oxygen atoms in total. The molecule has 0 spiro atoms. The van der Waals surface area contributed by atoms with Crippen molar-refractivity contribution >= 4 is 28.7 Å². The Morgan fingerprint density at radius 1 is 1.21 bits per heavy atom. The van der Waals surface area contributed by atoms with Crippen LogP contribution in [0.4, 0.5) is 28.9 Å². The molecule has 2 rings (SSSR count). The summed E-state index contributed by atoms with van der Waals surface area (Å²) < 4.78 is 51.6. The van der Waals surface area contributed by atoms with E-state index in [2.05, 4.69) is 10.3 Å². The number of nitrogens with zero attached hydrogens (tertiary/aromatic N) is 1. The Kier molecular flexibility index (Phi) is 6.73. The smallest absolute Gasteiger partial charge is 0.398 e. The molecule has 0 aliphatic rings. The van der Waals surface area contributed by atoms with Crippen LogP contribution in [-0.4, -0.2) is 29.5 Å². The molecule has 0 saturated carbocycles. The van der Waals surface area contributed by atoms with Crippen LogP contribution in [-0.2, 0) is 0 Å². The summed E-state index contributed by atoms with van der Waals surface area (Å²) in [6.07, 6.45) is -5.50. The lowest BCUT2D eigenvalue weighted by Gasteiger charge is -2.15. The number of amides is 1. The molecule has 0 bridgehead atoms. The first-order valence-electron chi connectivity index (χ1n) is 8.65. The van der Waals surface area contributed by atoms with Gasteiger partial charge in [0.1, 0.15) is 11.5 Å². The molecule has 4 N–H and O–H groups in total. The van der Waals surface area contributed by atoms with Gasteiger partial charge < -0.3 is 16.5 Å². The number of anilines is 2. The minimum atomic E-state index is -4.77. The Morgan fingerprint density at radius 3 is 2.45 bits per heavy atom. The van der Waals surface area contributed by atoms with Crippen molar-refractivity contribution in [1.29, 1.82) is 5.41 Å². The molecule has 0 radical (unpaired) electrons. The number of carbonyl (C=O) groups is 1. The summed E-state index contributed by atoms with van der Waals surface area (Å²) in [5.41, 5.74) is 5.19. The fraction of sp³-hybridized carbons (Fsp3) is 0.250. The number of nitrogens with one attached hydrogen (secondary N) is 2. The lowest BCUT2D eigenvalue weighted by Crippen LogP contribution is -2.26. The third-order valence-corrected chi connectivity index (χ3v) is 3.81. The Labute approximate surface area is 165 Å². The van der Waals surface area contributed by atoms with Gasteiger partial charge in [-0.1, -0.05) is 12.1 Å². The maximum absolute atomic E-state index is 13.2. The fourth-order valence-electron chi connectivity index (χ4n) is 2.53. The van der Waals surface area contributed by atoms with Crippen molar-refractivity contribution in [2.75, 3.05) is 11.1 Å². The number of benzene rings is 2. The van der Waals surface area contributed by atoms with E-state index in [0.29, 0.717) is 0 Å². The molecule has 0 aliphatic heterocycles. The number of nitrogens with two attached hydrogens (primary N) is 1. The average Bonchev–Trinajstić information content (AvgIpc) is 2.59. The molecule has 0 fully saturated rings. The summed E-state index contributed by atoms with van der Waals surface area (Å²) in [4.78, 5) is 16.5. The number of halogens is 4. The van der Waals surface area contributed by atoms with Crippen molar-refractivity contribution < 1.29 is 22.4 Å². The second-order valence-corrected chi connectivity index (χ2v) is 6.59. The van der Waals surface area contributed by atoms with Crippen LogP contribution in [0, 0.1) is 11.2 Å². The molecule has 0 unspecified atom stereocenters. The van der Waals surface area contributed by atoms with Crippen molar-refractivity contribution in [2.24, 2.45) is 4.99 Å². The maximum Gasteiger partial charge on any atom is 0.429 e. The predicted octanol–water partition coefficient (Wildman–Crippen LogP) is 4.83. The highest BCUT2D eigenvalue weighted by molar-refractivity contribution is 6.16. The predicted molar refractivity (Wildman–Crippen MR) is 105 cm³/mol. The van der Waals surface area contributed by atoms with Gasteiger partial charge in [0.25, 0.3) is 5.91 Å². The number of rotatable bonds is 6. The van der Waals surface area contributed by atoms with Gasteiger partial charge in [0, 0.05) is 35.0 Å². The van der Waals surface area contributed by atoms with Crippen molar-refractivity contribution in [2.45, 2.75) is 32.5 Å².